The third-order valence-electron chi connectivity index (χ3n) is 4.28. The average Bonchev–Trinajstić information content (AvgIpc) is 2.97. The standard InChI is InChI=1S/C19H18N2O3S/c1-3-12-7-6-10-16-17(12)21(2)19(25-16)20-18(22)15-11-23-13-8-4-5-9-14(13)24-15/h4-10,15H,3,11H2,1-2H3/t15-/m1/s1. The van der Waals surface area contributed by atoms with Gasteiger partial charge < -0.3 is 14.0 Å². The van der Waals surface area contributed by atoms with Crippen LogP contribution in [0.2, 0.25) is 0 Å². The number of amides is 1. The predicted octanol–water partition coefficient (Wildman–Crippen LogP) is 3.07. The van der Waals surface area contributed by atoms with E-state index >= 15 is 0 Å². The van der Waals surface area contributed by atoms with Gasteiger partial charge in [-0.3, -0.25) is 4.79 Å². The van der Waals surface area contributed by atoms with Crippen LogP contribution in [0.3, 0.4) is 0 Å². The smallest absolute Gasteiger partial charge is 0.292 e. The average molecular weight is 354 g/mol. The van der Waals surface area contributed by atoms with E-state index in [4.69, 9.17) is 9.47 Å². The van der Waals surface area contributed by atoms with Crippen LogP contribution in [0, 0.1) is 0 Å². The fraction of sp³-hybridized carbons (Fsp3) is 0.263. The molecule has 0 radical (unpaired) electrons. The Bertz CT molecular complexity index is 1020. The largest absolute Gasteiger partial charge is 0.485 e. The number of hydrogen-bond donors (Lipinski definition) is 0. The molecule has 5 nitrogen and oxygen atoms in total. The molecular formula is C19H18N2O3S. The zero-order valence-electron chi connectivity index (χ0n) is 14.1. The highest BCUT2D eigenvalue weighted by Crippen LogP contribution is 2.31. The Morgan fingerprint density at radius 3 is 2.84 bits per heavy atom. The van der Waals surface area contributed by atoms with Crippen molar-refractivity contribution in [3.05, 3.63) is 52.8 Å². The van der Waals surface area contributed by atoms with Gasteiger partial charge in [-0.05, 0) is 30.2 Å². The molecular weight excluding hydrogens is 336 g/mol. The number of benzene rings is 2. The molecule has 0 saturated carbocycles. The van der Waals surface area contributed by atoms with E-state index in [9.17, 15) is 4.79 Å². The molecule has 0 spiro atoms. The lowest BCUT2D eigenvalue weighted by Crippen LogP contribution is -2.36. The molecule has 1 amide bonds. The Balaban J connectivity index is 1.69. The van der Waals surface area contributed by atoms with Gasteiger partial charge in [0.05, 0.1) is 10.2 Å². The predicted molar refractivity (Wildman–Crippen MR) is 97.1 cm³/mol. The Morgan fingerprint density at radius 2 is 2.04 bits per heavy atom. The molecule has 1 aliphatic rings. The number of carbonyl (C=O) groups excluding carboxylic acids is 1. The van der Waals surface area contributed by atoms with E-state index in [1.54, 1.807) is 6.07 Å². The first-order chi connectivity index (χ1) is 12.2. The first-order valence-corrected chi connectivity index (χ1v) is 9.03. The van der Waals surface area contributed by atoms with Gasteiger partial charge in [0.25, 0.3) is 5.91 Å². The van der Waals surface area contributed by atoms with Crippen molar-refractivity contribution >= 4 is 27.5 Å². The number of carbonyl (C=O) groups is 1. The topological polar surface area (TPSA) is 52.8 Å². The Labute approximate surface area is 149 Å². The number of aromatic nitrogens is 1. The van der Waals surface area contributed by atoms with Crippen LogP contribution in [-0.4, -0.2) is 23.2 Å². The Hall–Kier alpha value is -2.60. The maximum atomic E-state index is 12.6. The lowest BCUT2D eigenvalue weighted by molar-refractivity contribution is -0.127. The van der Waals surface area contributed by atoms with Gasteiger partial charge in [-0.25, -0.2) is 0 Å². The monoisotopic (exact) mass is 354 g/mol. The van der Waals surface area contributed by atoms with Crippen LogP contribution in [0.5, 0.6) is 11.5 Å². The molecule has 2 heterocycles. The summed E-state index contributed by atoms with van der Waals surface area (Å²) in [5.74, 6) is 0.914. The molecule has 2 aromatic carbocycles. The number of rotatable bonds is 2. The summed E-state index contributed by atoms with van der Waals surface area (Å²) >= 11 is 1.51. The summed E-state index contributed by atoms with van der Waals surface area (Å²) in [4.78, 5) is 17.6. The molecule has 3 aromatic rings. The Kier molecular flexibility index (Phi) is 4.05. The second-order valence-electron chi connectivity index (χ2n) is 5.88. The number of thiazole rings is 1. The lowest BCUT2D eigenvalue weighted by Gasteiger charge is -2.23. The van der Waals surface area contributed by atoms with Crippen LogP contribution < -0.4 is 14.3 Å². The quantitative estimate of drug-likeness (QED) is 0.711. The molecule has 0 N–H and O–H groups in total. The first kappa shape index (κ1) is 15.9. The summed E-state index contributed by atoms with van der Waals surface area (Å²) in [5, 5.41) is 0. The van der Waals surface area contributed by atoms with Crippen molar-refractivity contribution in [1.29, 1.82) is 0 Å². The number of aryl methyl sites for hydroxylation is 2. The van der Waals surface area contributed by atoms with E-state index in [2.05, 4.69) is 24.0 Å². The first-order valence-electron chi connectivity index (χ1n) is 8.22. The van der Waals surface area contributed by atoms with Gasteiger partial charge in [-0.1, -0.05) is 42.5 Å². The summed E-state index contributed by atoms with van der Waals surface area (Å²) in [5.41, 5.74) is 2.38. The second-order valence-corrected chi connectivity index (χ2v) is 6.88. The molecule has 25 heavy (non-hydrogen) atoms. The molecule has 1 atom stereocenters. The maximum Gasteiger partial charge on any atom is 0.292 e. The van der Waals surface area contributed by atoms with Gasteiger partial charge in [0.1, 0.15) is 6.61 Å². The van der Waals surface area contributed by atoms with E-state index in [0.29, 0.717) is 16.3 Å². The van der Waals surface area contributed by atoms with Crippen molar-refractivity contribution in [1.82, 2.24) is 4.57 Å². The van der Waals surface area contributed by atoms with Gasteiger partial charge >= 0.3 is 0 Å². The molecule has 4 rings (SSSR count). The lowest BCUT2D eigenvalue weighted by atomic mass is 10.1. The highest BCUT2D eigenvalue weighted by molar-refractivity contribution is 7.16. The molecule has 6 heteroatoms. The third-order valence-corrected chi connectivity index (χ3v) is 5.37. The number of nitrogens with zero attached hydrogens (tertiary/aromatic N) is 2. The summed E-state index contributed by atoms with van der Waals surface area (Å²) in [6.07, 6.45) is 0.219. The van der Waals surface area contributed by atoms with E-state index in [0.717, 1.165) is 16.6 Å². The maximum absolute atomic E-state index is 12.6. The summed E-state index contributed by atoms with van der Waals surface area (Å²) in [6.45, 7) is 2.30. The van der Waals surface area contributed by atoms with Gasteiger partial charge in [-0.15, -0.1) is 0 Å². The van der Waals surface area contributed by atoms with Gasteiger partial charge in [0.2, 0.25) is 6.10 Å². The van der Waals surface area contributed by atoms with Crippen LogP contribution in [0.15, 0.2) is 47.5 Å². The van der Waals surface area contributed by atoms with E-state index in [1.165, 1.54) is 16.9 Å². The van der Waals surface area contributed by atoms with Crippen molar-refractivity contribution in [2.24, 2.45) is 12.0 Å². The minimum Gasteiger partial charge on any atom is -0.485 e. The number of ether oxygens (including phenoxy) is 2. The highest BCUT2D eigenvalue weighted by atomic mass is 32.1. The number of hydrogen-bond acceptors (Lipinski definition) is 4. The summed E-state index contributed by atoms with van der Waals surface area (Å²) in [7, 11) is 1.94. The van der Waals surface area contributed by atoms with E-state index in [1.807, 2.05) is 35.9 Å². The Morgan fingerprint density at radius 1 is 1.24 bits per heavy atom. The molecule has 0 bridgehead atoms. The van der Waals surface area contributed by atoms with Crippen molar-refractivity contribution < 1.29 is 14.3 Å². The van der Waals surface area contributed by atoms with Crippen LogP contribution in [0.1, 0.15) is 12.5 Å². The van der Waals surface area contributed by atoms with Crippen LogP contribution in [-0.2, 0) is 18.3 Å². The second kappa shape index (κ2) is 6.37. The number of para-hydroxylation sites is 3. The van der Waals surface area contributed by atoms with Gasteiger partial charge in [-0.2, -0.15) is 4.99 Å². The molecule has 1 aromatic heterocycles. The van der Waals surface area contributed by atoms with Gasteiger partial charge in [0.15, 0.2) is 16.3 Å². The molecule has 0 aliphatic carbocycles. The van der Waals surface area contributed by atoms with Crippen molar-refractivity contribution in [2.75, 3.05) is 6.61 Å². The van der Waals surface area contributed by atoms with Crippen LogP contribution in [0.4, 0.5) is 0 Å². The zero-order valence-corrected chi connectivity index (χ0v) is 14.9. The van der Waals surface area contributed by atoms with Gasteiger partial charge in [0, 0.05) is 7.05 Å². The molecule has 1 aliphatic heterocycles. The highest BCUT2D eigenvalue weighted by Gasteiger charge is 2.27. The van der Waals surface area contributed by atoms with E-state index in [-0.39, 0.29) is 12.5 Å². The van der Waals surface area contributed by atoms with E-state index < -0.39 is 6.10 Å². The van der Waals surface area contributed by atoms with Crippen molar-refractivity contribution in [2.45, 2.75) is 19.4 Å². The van der Waals surface area contributed by atoms with Crippen LogP contribution in [0.25, 0.3) is 10.2 Å². The SMILES string of the molecule is CCc1cccc2sc(=NC(=O)[C@H]3COc4ccccc4O3)n(C)c12. The van der Waals surface area contributed by atoms with Crippen molar-refractivity contribution in [3.8, 4) is 11.5 Å². The molecule has 0 unspecified atom stereocenters. The summed E-state index contributed by atoms with van der Waals surface area (Å²) in [6, 6.07) is 13.5. The zero-order chi connectivity index (χ0) is 17.4. The third kappa shape index (κ3) is 2.82. The summed E-state index contributed by atoms with van der Waals surface area (Å²) < 4.78 is 14.5. The normalized spacial score (nSPS) is 17.0. The minimum atomic E-state index is -0.717. The molecule has 128 valence electrons. The molecule has 0 fully saturated rings. The molecule has 0 saturated heterocycles. The van der Waals surface area contributed by atoms with Crippen LogP contribution >= 0.6 is 11.3 Å². The van der Waals surface area contributed by atoms with Crippen molar-refractivity contribution in [3.63, 3.8) is 0 Å². The fourth-order valence-electron chi connectivity index (χ4n) is 2.98. The minimum absolute atomic E-state index is 0.175. The number of fused-ring (bicyclic) bond motifs is 2. The fourth-order valence-corrected chi connectivity index (χ4v) is 4.06.